The third-order valence-electron chi connectivity index (χ3n) is 2.39. The number of hydrogen-bond acceptors (Lipinski definition) is 4. The molecule has 0 aliphatic carbocycles. The van der Waals surface area contributed by atoms with Gasteiger partial charge in [-0.1, -0.05) is 15.9 Å². The van der Waals surface area contributed by atoms with Crippen molar-refractivity contribution in [3.8, 4) is 0 Å². The number of nitrogens with zero attached hydrogens (tertiary/aromatic N) is 1. The minimum atomic E-state index is -0.340. The summed E-state index contributed by atoms with van der Waals surface area (Å²) in [6.45, 7) is 2.08. The van der Waals surface area contributed by atoms with Gasteiger partial charge in [-0.15, -0.1) is 0 Å². The van der Waals surface area contributed by atoms with Gasteiger partial charge in [0.15, 0.2) is 0 Å². The molecule has 0 aliphatic rings. The maximum absolute atomic E-state index is 11.9. The smallest absolute Gasteiger partial charge is 0.293 e. The van der Waals surface area contributed by atoms with Crippen LogP contribution in [0.1, 0.15) is 22.0 Å². The largest absolute Gasteiger partial charge is 0.434 e. The van der Waals surface area contributed by atoms with Gasteiger partial charge >= 0.3 is 0 Å². The fourth-order valence-corrected chi connectivity index (χ4v) is 1.94. The molecule has 0 spiro atoms. The number of nitrogens with one attached hydrogen (secondary N) is 1. The molecule has 5 nitrogen and oxygen atoms in total. The van der Waals surface area contributed by atoms with Gasteiger partial charge in [-0.05, 0) is 30.7 Å². The number of oxazole rings is 1. The van der Waals surface area contributed by atoms with Crippen LogP contribution < -0.4 is 11.1 Å². The van der Waals surface area contributed by atoms with Crippen LogP contribution >= 0.6 is 15.9 Å². The minimum absolute atomic E-state index is 0.151. The van der Waals surface area contributed by atoms with Crippen LogP contribution in [0.3, 0.4) is 0 Å². The summed E-state index contributed by atoms with van der Waals surface area (Å²) in [5.41, 5.74) is 7.05. The summed E-state index contributed by atoms with van der Waals surface area (Å²) < 4.78 is 6.13. The first-order valence-corrected chi connectivity index (χ1v) is 6.11. The van der Waals surface area contributed by atoms with Crippen LogP contribution in [0.2, 0.25) is 0 Å². The molecule has 2 aromatic rings. The molecule has 1 amide bonds. The lowest BCUT2D eigenvalue weighted by Gasteiger charge is -2.06. The second-order valence-corrected chi connectivity index (χ2v) is 4.65. The number of nitrogens with two attached hydrogens (primary N) is 1. The number of amides is 1. The molecule has 0 fully saturated rings. The molecule has 3 N–H and O–H groups in total. The van der Waals surface area contributed by atoms with Crippen molar-refractivity contribution >= 4 is 27.5 Å². The Kier molecular flexibility index (Phi) is 3.78. The Hall–Kier alpha value is -1.66. The van der Waals surface area contributed by atoms with E-state index in [1.165, 1.54) is 6.20 Å². The zero-order valence-corrected chi connectivity index (χ0v) is 11.3. The van der Waals surface area contributed by atoms with Crippen molar-refractivity contribution in [1.82, 2.24) is 4.98 Å². The molecule has 1 heterocycles. The van der Waals surface area contributed by atoms with E-state index in [1.807, 2.05) is 25.1 Å². The first-order chi connectivity index (χ1) is 8.60. The monoisotopic (exact) mass is 309 g/mol. The van der Waals surface area contributed by atoms with Crippen LogP contribution in [0.15, 0.2) is 33.3 Å². The van der Waals surface area contributed by atoms with E-state index in [4.69, 9.17) is 10.2 Å². The van der Waals surface area contributed by atoms with Crippen LogP contribution in [-0.4, -0.2) is 10.9 Å². The fourth-order valence-electron chi connectivity index (χ4n) is 1.46. The molecule has 0 unspecified atom stereocenters. The lowest BCUT2D eigenvalue weighted by Crippen LogP contribution is -2.11. The highest BCUT2D eigenvalue weighted by atomic mass is 79.9. The van der Waals surface area contributed by atoms with Crippen molar-refractivity contribution in [2.75, 3.05) is 5.32 Å². The van der Waals surface area contributed by atoms with Gasteiger partial charge in [0.2, 0.25) is 11.7 Å². The summed E-state index contributed by atoms with van der Waals surface area (Å²) in [4.78, 5) is 15.8. The first-order valence-electron chi connectivity index (χ1n) is 5.32. The van der Waals surface area contributed by atoms with Crippen molar-refractivity contribution in [2.45, 2.75) is 13.5 Å². The number of aryl methyl sites for hydroxylation is 1. The second kappa shape index (κ2) is 5.32. The highest BCUT2D eigenvalue weighted by Crippen LogP contribution is 2.20. The third kappa shape index (κ3) is 2.77. The molecule has 0 saturated carbocycles. The number of carbonyl (C=O) groups is 1. The molecule has 0 radical (unpaired) electrons. The molecule has 2 rings (SSSR count). The van der Waals surface area contributed by atoms with E-state index in [9.17, 15) is 4.79 Å². The van der Waals surface area contributed by atoms with Crippen molar-refractivity contribution in [1.29, 1.82) is 0 Å². The first kappa shape index (κ1) is 12.8. The molecule has 0 atom stereocenters. The molecule has 0 aliphatic heterocycles. The standard InChI is InChI=1S/C12H12BrN3O2/c1-7-4-8(13)2-3-9(7)16-12(17)10-6-15-11(5-14)18-10/h2-4,6H,5,14H2,1H3,(H,16,17). The van der Waals surface area contributed by atoms with E-state index in [1.54, 1.807) is 0 Å². The Labute approximate surface area is 113 Å². The van der Waals surface area contributed by atoms with Crippen LogP contribution in [0.5, 0.6) is 0 Å². The van der Waals surface area contributed by atoms with Gasteiger partial charge in [0.25, 0.3) is 5.91 Å². The van der Waals surface area contributed by atoms with Gasteiger partial charge in [-0.2, -0.15) is 0 Å². The van der Waals surface area contributed by atoms with Gasteiger partial charge < -0.3 is 15.5 Å². The van der Waals surface area contributed by atoms with Crippen LogP contribution in [0.25, 0.3) is 0 Å². The van der Waals surface area contributed by atoms with E-state index in [2.05, 4.69) is 26.2 Å². The minimum Gasteiger partial charge on any atom is -0.434 e. The quantitative estimate of drug-likeness (QED) is 0.912. The number of aromatic nitrogens is 1. The Morgan fingerprint density at radius 3 is 2.94 bits per heavy atom. The fraction of sp³-hybridized carbons (Fsp3) is 0.167. The zero-order chi connectivity index (χ0) is 13.1. The normalized spacial score (nSPS) is 10.4. The van der Waals surface area contributed by atoms with Crippen molar-refractivity contribution < 1.29 is 9.21 Å². The maximum atomic E-state index is 11.9. The number of carbonyl (C=O) groups excluding carboxylic acids is 1. The Bertz CT molecular complexity index is 580. The zero-order valence-electron chi connectivity index (χ0n) is 9.74. The van der Waals surface area contributed by atoms with Crippen LogP contribution in [0.4, 0.5) is 5.69 Å². The molecule has 1 aromatic heterocycles. The molecular weight excluding hydrogens is 298 g/mol. The summed E-state index contributed by atoms with van der Waals surface area (Å²) >= 11 is 3.36. The molecule has 1 aromatic carbocycles. The number of benzene rings is 1. The van der Waals surface area contributed by atoms with Crippen molar-refractivity contribution in [2.24, 2.45) is 5.73 Å². The summed E-state index contributed by atoms with van der Waals surface area (Å²) in [7, 11) is 0. The SMILES string of the molecule is Cc1cc(Br)ccc1NC(=O)c1cnc(CN)o1. The number of halogens is 1. The third-order valence-corrected chi connectivity index (χ3v) is 2.88. The molecule has 0 saturated heterocycles. The van der Waals surface area contributed by atoms with E-state index in [-0.39, 0.29) is 18.2 Å². The Morgan fingerprint density at radius 1 is 1.56 bits per heavy atom. The predicted molar refractivity (Wildman–Crippen MR) is 71.2 cm³/mol. The average molecular weight is 310 g/mol. The molecule has 18 heavy (non-hydrogen) atoms. The Morgan fingerprint density at radius 2 is 2.33 bits per heavy atom. The summed E-state index contributed by atoms with van der Waals surface area (Å²) in [6, 6.07) is 5.59. The number of rotatable bonds is 3. The highest BCUT2D eigenvalue weighted by molar-refractivity contribution is 9.10. The van der Waals surface area contributed by atoms with Gasteiger partial charge in [0.1, 0.15) is 0 Å². The van der Waals surface area contributed by atoms with Crippen LogP contribution in [0, 0.1) is 6.92 Å². The topological polar surface area (TPSA) is 81.2 Å². The second-order valence-electron chi connectivity index (χ2n) is 3.74. The number of anilines is 1. The number of hydrogen-bond donors (Lipinski definition) is 2. The van der Waals surface area contributed by atoms with Gasteiger partial charge in [0, 0.05) is 10.2 Å². The Balaban J connectivity index is 2.16. The van der Waals surface area contributed by atoms with Gasteiger partial charge in [-0.3, -0.25) is 4.79 Å². The maximum Gasteiger partial charge on any atom is 0.293 e. The molecule has 0 bridgehead atoms. The summed E-state index contributed by atoms with van der Waals surface area (Å²) in [6.07, 6.45) is 1.37. The molecule has 6 heteroatoms. The lowest BCUT2D eigenvalue weighted by atomic mass is 10.2. The van der Waals surface area contributed by atoms with Gasteiger partial charge in [-0.25, -0.2) is 4.98 Å². The molecular formula is C12H12BrN3O2. The van der Waals surface area contributed by atoms with Crippen LogP contribution in [-0.2, 0) is 6.54 Å². The van der Waals surface area contributed by atoms with E-state index in [0.717, 1.165) is 15.7 Å². The summed E-state index contributed by atoms with van der Waals surface area (Å²) in [5.74, 6) is 0.151. The van der Waals surface area contributed by atoms with E-state index >= 15 is 0 Å². The van der Waals surface area contributed by atoms with E-state index < -0.39 is 0 Å². The van der Waals surface area contributed by atoms with E-state index in [0.29, 0.717) is 5.89 Å². The lowest BCUT2D eigenvalue weighted by molar-refractivity contribution is 0.0995. The van der Waals surface area contributed by atoms with Crippen molar-refractivity contribution in [3.63, 3.8) is 0 Å². The average Bonchev–Trinajstić information content (AvgIpc) is 2.81. The van der Waals surface area contributed by atoms with Crippen molar-refractivity contribution in [3.05, 3.63) is 46.1 Å². The van der Waals surface area contributed by atoms with Gasteiger partial charge in [0.05, 0.1) is 12.7 Å². The molecule has 94 valence electrons. The predicted octanol–water partition coefficient (Wildman–Crippen LogP) is 2.46. The highest BCUT2D eigenvalue weighted by Gasteiger charge is 2.13. The summed E-state index contributed by atoms with van der Waals surface area (Å²) in [5, 5.41) is 2.76.